The topological polar surface area (TPSA) is 99.0 Å². The lowest BCUT2D eigenvalue weighted by Gasteiger charge is -2.06. The van der Waals surface area contributed by atoms with Crippen LogP contribution in [0.25, 0.3) is 0 Å². The minimum absolute atomic E-state index is 0.0537. The molecule has 0 radical (unpaired) electrons. The summed E-state index contributed by atoms with van der Waals surface area (Å²) in [5.41, 5.74) is 0.241. The SMILES string of the molecule is COc1ncc(NS(=O)(=O)c2cn(C(C)C)cn2)cn1. The van der Waals surface area contributed by atoms with Crippen LogP contribution in [0.15, 0.2) is 29.9 Å². The highest BCUT2D eigenvalue weighted by molar-refractivity contribution is 7.92. The van der Waals surface area contributed by atoms with Crippen molar-refractivity contribution in [1.29, 1.82) is 0 Å². The molecule has 0 saturated carbocycles. The molecule has 0 aromatic carbocycles. The van der Waals surface area contributed by atoms with E-state index in [-0.39, 0.29) is 22.8 Å². The molecule has 0 aliphatic heterocycles. The number of sulfonamides is 1. The largest absolute Gasteiger partial charge is 0.467 e. The summed E-state index contributed by atoms with van der Waals surface area (Å²) in [5.74, 6) is 0. The highest BCUT2D eigenvalue weighted by Crippen LogP contribution is 2.15. The molecule has 0 saturated heterocycles. The third-order valence-electron chi connectivity index (χ3n) is 2.51. The summed E-state index contributed by atoms with van der Waals surface area (Å²) in [7, 11) is -2.32. The number of hydrogen-bond donors (Lipinski definition) is 1. The second-order valence-corrected chi connectivity index (χ2v) is 5.95. The molecule has 2 rings (SSSR count). The molecular weight excluding hydrogens is 282 g/mol. The van der Waals surface area contributed by atoms with E-state index in [1.165, 1.54) is 32.0 Å². The van der Waals surface area contributed by atoms with Gasteiger partial charge in [0.25, 0.3) is 10.0 Å². The Kier molecular flexibility index (Phi) is 3.89. The molecule has 0 unspecified atom stereocenters. The van der Waals surface area contributed by atoms with E-state index in [1.54, 1.807) is 4.57 Å². The smallest absolute Gasteiger partial charge is 0.316 e. The van der Waals surface area contributed by atoms with Crippen LogP contribution in [0, 0.1) is 0 Å². The molecule has 0 spiro atoms. The molecule has 20 heavy (non-hydrogen) atoms. The van der Waals surface area contributed by atoms with Crippen molar-refractivity contribution in [3.63, 3.8) is 0 Å². The third kappa shape index (κ3) is 3.05. The molecule has 0 bridgehead atoms. The van der Waals surface area contributed by atoms with E-state index in [4.69, 9.17) is 4.74 Å². The average Bonchev–Trinajstić information content (AvgIpc) is 2.90. The summed E-state index contributed by atoms with van der Waals surface area (Å²) in [6, 6.07) is 0.299. The van der Waals surface area contributed by atoms with Gasteiger partial charge in [0.2, 0.25) is 0 Å². The number of nitrogens with one attached hydrogen (secondary N) is 1. The van der Waals surface area contributed by atoms with Gasteiger partial charge < -0.3 is 9.30 Å². The van der Waals surface area contributed by atoms with E-state index in [0.29, 0.717) is 0 Å². The van der Waals surface area contributed by atoms with E-state index in [1.807, 2.05) is 13.8 Å². The zero-order valence-corrected chi connectivity index (χ0v) is 12.1. The highest BCUT2D eigenvalue weighted by atomic mass is 32.2. The van der Waals surface area contributed by atoms with Gasteiger partial charge in [-0.3, -0.25) is 4.72 Å². The molecule has 9 heteroatoms. The van der Waals surface area contributed by atoms with E-state index in [9.17, 15) is 8.42 Å². The van der Waals surface area contributed by atoms with Crippen molar-refractivity contribution in [1.82, 2.24) is 19.5 Å². The van der Waals surface area contributed by atoms with Gasteiger partial charge in [-0.1, -0.05) is 0 Å². The van der Waals surface area contributed by atoms with E-state index in [0.717, 1.165) is 0 Å². The number of ether oxygens (including phenoxy) is 1. The van der Waals surface area contributed by atoms with Crippen molar-refractivity contribution in [3.8, 4) is 6.01 Å². The van der Waals surface area contributed by atoms with Crippen molar-refractivity contribution in [2.75, 3.05) is 11.8 Å². The number of aromatic nitrogens is 4. The number of anilines is 1. The van der Waals surface area contributed by atoms with Crippen LogP contribution in [0.1, 0.15) is 19.9 Å². The van der Waals surface area contributed by atoms with Crippen LogP contribution in [0.3, 0.4) is 0 Å². The molecule has 0 aliphatic carbocycles. The lowest BCUT2D eigenvalue weighted by Crippen LogP contribution is -2.14. The average molecular weight is 297 g/mol. The predicted molar refractivity (Wildman–Crippen MR) is 72.0 cm³/mol. The van der Waals surface area contributed by atoms with Gasteiger partial charge in [0.05, 0.1) is 31.5 Å². The maximum atomic E-state index is 12.1. The van der Waals surface area contributed by atoms with Crippen molar-refractivity contribution >= 4 is 15.7 Å². The normalized spacial score (nSPS) is 11.6. The number of rotatable bonds is 5. The monoisotopic (exact) mass is 297 g/mol. The Bertz CT molecular complexity index is 678. The van der Waals surface area contributed by atoms with Crippen LogP contribution in [0.5, 0.6) is 6.01 Å². The fraction of sp³-hybridized carbons (Fsp3) is 0.364. The van der Waals surface area contributed by atoms with E-state index in [2.05, 4.69) is 19.7 Å². The summed E-state index contributed by atoms with van der Waals surface area (Å²) in [6.45, 7) is 3.87. The Morgan fingerprint density at radius 1 is 1.25 bits per heavy atom. The summed E-state index contributed by atoms with van der Waals surface area (Å²) in [5, 5.41) is -0.0537. The third-order valence-corrected chi connectivity index (χ3v) is 3.78. The zero-order chi connectivity index (χ0) is 14.8. The first-order valence-electron chi connectivity index (χ1n) is 5.84. The molecule has 0 fully saturated rings. The van der Waals surface area contributed by atoms with E-state index >= 15 is 0 Å². The molecule has 1 N–H and O–H groups in total. The first kappa shape index (κ1) is 14.3. The second kappa shape index (κ2) is 5.45. The van der Waals surface area contributed by atoms with Gasteiger partial charge in [0.1, 0.15) is 0 Å². The van der Waals surface area contributed by atoms with Crippen LogP contribution in [0.4, 0.5) is 5.69 Å². The second-order valence-electron chi connectivity index (χ2n) is 4.32. The summed E-state index contributed by atoms with van der Waals surface area (Å²) < 4.78 is 33.1. The number of nitrogens with zero attached hydrogens (tertiary/aromatic N) is 4. The Morgan fingerprint density at radius 2 is 1.90 bits per heavy atom. The maximum Gasteiger partial charge on any atom is 0.316 e. The molecule has 0 atom stereocenters. The quantitative estimate of drug-likeness (QED) is 0.886. The van der Waals surface area contributed by atoms with Crippen LogP contribution >= 0.6 is 0 Å². The maximum absolute atomic E-state index is 12.1. The molecule has 2 aromatic rings. The fourth-order valence-corrected chi connectivity index (χ4v) is 2.39. The Balaban J connectivity index is 2.21. The lowest BCUT2D eigenvalue weighted by atomic mass is 10.4. The van der Waals surface area contributed by atoms with Crippen molar-refractivity contribution in [3.05, 3.63) is 24.9 Å². The predicted octanol–water partition coefficient (Wildman–Crippen LogP) is 1.06. The fourth-order valence-electron chi connectivity index (χ4n) is 1.42. The van der Waals surface area contributed by atoms with Gasteiger partial charge in [-0.05, 0) is 13.8 Å². The van der Waals surface area contributed by atoms with Gasteiger partial charge in [-0.15, -0.1) is 0 Å². The standard InChI is InChI=1S/C11H15N5O3S/c1-8(2)16-6-10(14-7-16)20(17,18)15-9-4-12-11(19-3)13-5-9/h4-8,15H,1-3H3. The van der Waals surface area contributed by atoms with Crippen molar-refractivity contribution in [2.45, 2.75) is 24.9 Å². The molecule has 2 heterocycles. The number of imidazole rings is 1. The Labute approximate surface area is 116 Å². The minimum Gasteiger partial charge on any atom is -0.467 e. The van der Waals surface area contributed by atoms with Gasteiger partial charge in [-0.2, -0.15) is 8.42 Å². The van der Waals surface area contributed by atoms with Gasteiger partial charge in [-0.25, -0.2) is 15.0 Å². The highest BCUT2D eigenvalue weighted by Gasteiger charge is 2.18. The van der Waals surface area contributed by atoms with Crippen molar-refractivity contribution in [2.24, 2.45) is 0 Å². The molecule has 2 aromatic heterocycles. The number of hydrogen-bond acceptors (Lipinski definition) is 6. The number of methoxy groups -OCH3 is 1. The van der Waals surface area contributed by atoms with Crippen LogP contribution < -0.4 is 9.46 Å². The summed E-state index contributed by atoms with van der Waals surface area (Å²) in [4.78, 5) is 11.5. The Morgan fingerprint density at radius 3 is 2.40 bits per heavy atom. The van der Waals surface area contributed by atoms with Crippen LogP contribution in [0.2, 0.25) is 0 Å². The zero-order valence-electron chi connectivity index (χ0n) is 11.3. The molecule has 0 aliphatic rings. The molecule has 8 nitrogen and oxygen atoms in total. The van der Waals surface area contributed by atoms with Gasteiger partial charge >= 0.3 is 6.01 Å². The minimum atomic E-state index is -3.75. The van der Waals surface area contributed by atoms with E-state index < -0.39 is 10.0 Å². The first-order chi connectivity index (χ1) is 9.42. The lowest BCUT2D eigenvalue weighted by molar-refractivity contribution is 0.380. The molecule has 108 valence electrons. The van der Waals surface area contributed by atoms with Crippen LogP contribution in [-0.2, 0) is 10.0 Å². The first-order valence-corrected chi connectivity index (χ1v) is 7.33. The van der Waals surface area contributed by atoms with Crippen molar-refractivity contribution < 1.29 is 13.2 Å². The Hall–Kier alpha value is -2.16. The summed E-state index contributed by atoms with van der Waals surface area (Å²) in [6.07, 6.45) is 5.59. The molecular formula is C11H15N5O3S. The summed E-state index contributed by atoms with van der Waals surface area (Å²) >= 11 is 0. The van der Waals surface area contributed by atoms with Gasteiger partial charge in [0, 0.05) is 12.2 Å². The van der Waals surface area contributed by atoms with Gasteiger partial charge in [0.15, 0.2) is 5.03 Å². The molecule has 0 amide bonds. The van der Waals surface area contributed by atoms with Crippen LogP contribution in [-0.4, -0.2) is 35.0 Å².